The topological polar surface area (TPSA) is 54.8 Å². The molecule has 2 aliphatic rings. The van der Waals surface area contributed by atoms with Gasteiger partial charge in [0.15, 0.2) is 0 Å². The Morgan fingerprint density at radius 1 is 1.10 bits per heavy atom. The van der Waals surface area contributed by atoms with Crippen LogP contribution in [0.25, 0.3) is 10.9 Å². The van der Waals surface area contributed by atoms with Gasteiger partial charge in [0.1, 0.15) is 17.4 Å². The molecule has 1 aromatic heterocycles. The molecule has 5 rings (SSSR count). The number of hydrogen-bond acceptors (Lipinski definition) is 4. The summed E-state index contributed by atoms with van der Waals surface area (Å²) in [6, 6.07) is 13.8. The zero-order valence-corrected chi connectivity index (χ0v) is 18.1. The van der Waals surface area contributed by atoms with E-state index in [1.807, 2.05) is 29.7 Å². The van der Waals surface area contributed by atoms with Gasteiger partial charge in [0.25, 0.3) is 5.91 Å². The van der Waals surface area contributed by atoms with E-state index in [-0.39, 0.29) is 23.0 Å². The Balaban J connectivity index is 1.40. The molecule has 1 atom stereocenters. The Labute approximate surface area is 185 Å². The van der Waals surface area contributed by atoms with Crippen LogP contribution >= 0.6 is 11.6 Å². The van der Waals surface area contributed by atoms with Crippen LogP contribution in [0.4, 0.5) is 0 Å². The number of aromatic nitrogens is 1. The first kappa shape index (κ1) is 20.1. The van der Waals surface area contributed by atoms with Crippen molar-refractivity contribution in [3.63, 3.8) is 0 Å². The fourth-order valence-electron chi connectivity index (χ4n) is 4.51. The molecule has 0 N–H and O–H groups in total. The van der Waals surface area contributed by atoms with Crippen LogP contribution in [0.3, 0.4) is 0 Å². The van der Waals surface area contributed by atoms with Crippen LogP contribution in [0, 0.1) is 0 Å². The highest BCUT2D eigenvalue weighted by Crippen LogP contribution is 2.33. The number of nitrogens with zero attached hydrogens (tertiary/aromatic N) is 3. The van der Waals surface area contributed by atoms with Crippen molar-refractivity contribution in [2.45, 2.75) is 26.1 Å². The number of hydrogen-bond donors (Lipinski definition) is 0. The van der Waals surface area contributed by atoms with Gasteiger partial charge < -0.3 is 14.2 Å². The van der Waals surface area contributed by atoms with Crippen molar-refractivity contribution in [2.75, 3.05) is 26.2 Å². The van der Waals surface area contributed by atoms with Gasteiger partial charge in [0.2, 0.25) is 5.43 Å². The van der Waals surface area contributed by atoms with E-state index in [1.165, 1.54) is 5.56 Å². The van der Waals surface area contributed by atoms with E-state index in [0.29, 0.717) is 41.3 Å². The van der Waals surface area contributed by atoms with Crippen molar-refractivity contribution in [2.24, 2.45) is 0 Å². The average molecular weight is 438 g/mol. The van der Waals surface area contributed by atoms with Crippen molar-refractivity contribution in [1.29, 1.82) is 0 Å². The number of halogens is 1. The fraction of sp³-hybridized carbons (Fsp3) is 0.333. The number of carbonyl (C=O) groups excluding carboxylic acids is 1. The molecule has 0 spiro atoms. The van der Waals surface area contributed by atoms with Gasteiger partial charge in [-0.1, -0.05) is 41.9 Å². The zero-order chi connectivity index (χ0) is 21.5. The second-order valence-electron chi connectivity index (χ2n) is 8.28. The lowest BCUT2D eigenvalue weighted by molar-refractivity contribution is 0.0626. The summed E-state index contributed by atoms with van der Waals surface area (Å²) >= 11 is 6.38. The summed E-state index contributed by atoms with van der Waals surface area (Å²) in [6.45, 7) is 6.13. The highest BCUT2D eigenvalue weighted by molar-refractivity contribution is 6.35. The largest absolute Gasteiger partial charge is 0.487 e. The molecule has 0 bridgehead atoms. The molecule has 31 heavy (non-hydrogen) atoms. The molecule has 1 saturated heterocycles. The van der Waals surface area contributed by atoms with Crippen molar-refractivity contribution in [3.8, 4) is 5.75 Å². The number of pyridine rings is 1. The Morgan fingerprint density at radius 3 is 2.58 bits per heavy atom. The van der Waals surface area contributed by atoms with Gasteiger partial charge in [-0.15, -0.1) is 0 Å². The van der Waals surface area contributed by atoms with E-state index in [9.17, 15) is 9.59 Å². The Kier molecular flexibility index (Phi) is 5.20. The van der Waals surface area contributed by atoms with Crippen LogP contribution in [0.1, 0.15) is 22.8 Å². The molecule has 160 valence electrons. The van der Waals surface area contributed by atoms with Gasteiger partial charge >= 0.3 is 0 Å². The predicted molar refractivity (Wildman–Crippen MR) is 121 cm³/mol. The number of piperazine rings is 1. The molecule has 3 heterocycles. The molecule has 7 heteroatoms. The van der Waals surface area contributed by atoms with E-state index in [2.05, 4.69) is 17.0 Å². The number of amides is 1. The Morgan fingerprint density at radius 2 is 1.84 bits per heavy atom. The van der Waals surface area contributed by atoms with E-state index >= 15 is 0 Å². The summed E-state index contributed by atoms with van der Waals surface area (Å²) in [7, 11) is 0. The summed E-state index contributed by atoms with van der Waals surface area (Å²) in [5.74, 6) is 0.402. The lowest BCUT2D eigenvalue weighted by Crippen LogP contribution is -2.49. The van der Waals surface area contributed by atoms with Gasteiger partial charge in [-0.2, -0.15) is 0 Å². The van der Waals surface area contributed by atoms with Crippen LogP contribution in [-0.4, -0.2) is 52.6 Å². The third-order valence-electron chi connectivity index (χ3n) is 6.05. The average Bonchev–Trinajstić information content (AvgIpc) is 2.77. The Bertz CT molecular complexity index is 1200. The van der Waals surface area contributed by atoms with Gasteiger partial charge in [0, 0.05) is 38.9 Å². The summed E-state index contributed by atoms with van der Waals surface area (Å²) in [6.07, 6.45) is 1.63. The smallest absolute Gasteiger partial charge is 0.259 e. The maximum Gasteiger partial charge on any atom is 0.259 e. The Hall–Kier alpha value is -2.83. The van der Waals surface area contributed by atoms with E-state index in [4.69, 9.17) is 16.3 Å². The summed E-state index contributed by atoms with van der Waals surface area (Å²) < 4.78 is 7.81. The lowest BCUT2D eigenvalue weighted by Gasteiger charge is -2.35. The quantitative estimate of drug-likeness (QED) is 0.630. The van der Waals surface area contributed by atoms with Gasteiger partial charge in [-0.3, -0.25) is 14.5 Å². The minimum atomic E-state index is -0.326. The molecule has 0 radical (unpaired) electrons. The van der Waals surface area contributed by atoms with Crippen molar-refractivity contribution in [1.82, 2.24) is 14.4 Å². The molecule has 1 unspecified atom stereocenters. The molecular formula is C24H24ClN3O3. The first-order valence-electron chi connectivity index (χ1n) is 10.6. The maximum atomic E-state index is 13.3. The van der Waals surface area contributed by atoms with Gasteiger partial charge in [0.05, 0.1) is 22.5 Å². The van der Waals surface area contributed by atoms with Crippen molar-refractivity contribution < 1.29 is 9.53 Å². The lowest BCUT2D eigenvalue weighted by atomic mass is 10.1. The molecule has 1 fully saturated rings. The van der Waals surface area contributed by atoms with Crippen LogP contribution in [-0.2, 0) is 13.1 Å². The van der Waals surface area contributed by atoms with Gasteiger partial charge in [-0.25, -0.2) is 0 Å². The standard InChI is InChI=1S/C24H24ClN3O3/c1-16-13-28-15-18(23(29)21-19(25)7-8-20(31-16)22(21)28)24(30)27-11-9-26(10-12-27)14-17-5-3-2-4-6-17/h2-8,15-16H,9-14H2,1H3. The normalized spacial score (nSPS) is 18.8. The SMILES string of the molecule is CC1Cn2cc(C(=O)N3CCN(Cc4ccccc4)CC3)c(=O)c3c(Cl)ccc(c32)O1. The van der Waals surface area contributed by atoms with Crippen LogP contribution < -0.4 is 10.2 Å². The second-order valence-corrected chi connectivity index (χ2v) is 8.68. The van der Waals surface area contributed by atoms with E-state index in [1.54, 1.807) is 23.2 Å². The van der Waals surface area contributed by atoms with E-state index < -0.39 is 0 Å². The summed E-state index contributed by atoms with van der Waals surface area (Å²) in [5, 5.41) is 0.706. The van der Waals surface area contributed by atoms with Crippen LogP contribution in [0.15, 0.2) is 53.5 Å². The minimum absolute atomic E-state index is 0.0520. The second kappa shape index (κ2) is 8.02. The first-order chi connectivity index (χ1) is 15.0. The number of rotatable bonds is 3. The van der Waals surface area contributed by atoms with Crippen molar-refractivity contribution in [3.05, 3.63) is 75.0 Å². The fourth-order valence-corrected chi connectivity index (χ4v) is 4.74. The predicted octanol–water partition coefficient (Wildman–Crippen LogP) is 3.39. The highest BCUT2D eigenvalue weighted by Gasteiger charge is 2.28. The summed E-state index contributed by atoms with van der Waals surface area (Å²) in [4.78, 5) is 30.7. The van der Waals surface area contributed by atoms with Crippen LogP contribution in [0.2, 0.25) is 5.02 Å². The summed E-state index contributed by atoms with van der Waals surface area (Å²) in [5.41, 5.74) is 1.78. The maximum absolute atomic E-state index is 13.3. The number of carbonyl (C=O) groups is 1. The van der Waals surface area contributed by atoms with Crippen molar-refractivity contribution >= 4 is 28.4 Å². The molecule has 0 saturated carbocycles. The highest BCUT2D eigenvalue weighted by atomic mass is 35.5. The third-order valence-corrected chi connectivity index (χ3v) is 6.37. The molecule has 2 aromatic carbocycles. The van der Waals surface area contributed by atoms with E-state index in [0.717, 1.165) is 19.6 Å². The molecule has 0 aliphatic carbocycles. The molecule has 3 aromatic rings. The van der Waals surface area contributed by atoms with Gasteiger partial charge in [-0.05, 0) is 24.6 Å². The number of ether oxygens (including phenoxy) is 1. The number of benzene rings is 2. The first-order valence-corrected chi connectivity index (χ1v) is 11.0. The molecule has 2 aliphatic heterocycles. The zero-order valence-electron chi connectivity index (χ0n) is 17.4. The third kappa shape index (κ3) is 3.70. The minimum Gasteiger partial charge on any atom is -0.487 e. The molecule has 1 amide bonds. The molecular weight excluding hydrogens is 414 g/mol. The molecule has 6 nitrogen and oxygen atoms in total. The van der Waals surface area contributed by atoms with Crippen LogP contribution in [0.5, 0.6) is 5.75 Å². The monoisotopic (exact) mass is 437 g/mol.